The Bertz CT molecular complexity index is 1430. The Kier molecular flexibility index (Phi) is 7.72. The highest BCUT2D eigenvalue weighted by Crippen LogP contribution is 2.35. The van der Waals surface area contributed by atoms with Gasteiger partial charge in [-0.1, -0.05) is 49.8 Å². The van der Waals surface area contributed by atoms with Gasteiger partial charge in [0.25, 0.3) is 0 Å². The number of aryl methyl sites for hydroxylation is 1. The first-order valence-electron chi connectivity index (χ1n) is 13.3. The molecule has 1 aliphatic heterocycles. The van der Waals surface area contributed by atoms with Crippen LogP contribution in [0.1, 0.15) is 49.3 Å². The molecule has 2 aromatic carbocycles. The van der Waals surface area contributed by atoms with Gasteiger partial charge >= 0.3 is 12.2 Å². The summed E-state index contributed by atoms with van der Waals surface area (Å²) in [6.45, 7) is 3.24. The van der Waals surface area contributed by atoms with E-state index in [1.165, 1.54) is 17.2 Å². The number of nitrogens with zero attached hydrogens (tertiary/aromatic N) is 2. The van der Waals surface area contributed by atoms with Crippen molar-refractivity contribution in [3.63, 3.8) is 0 Å². The molecule has 2 amide bonds. The van der Waals surface area contributed by atoms with Crippen LogP contribution in [0.3, 0.4) is 0 Å². The van der Waals surface area contributed by atoms with Gasteiger partial charge in [-0.05, 0) is 78.8 Å². The number of hydrogen-bond donors (Lipinski definition) is 2. The summed E-state index contributed by atoms with van der Waals surface area (Å²) in [6, 6.07) is 14.2. The molecule has 0 atom stereocenters. The second-order valence-corrected chi connectivity index (χ2v) is 9.81. The molecule has 0 saturated carbocycles. The van der Waals surface area contributed by atoms with Crippen LogP contribution in [0.25, 0.3) is 16.8 Å². The maximum atomic E-state index is 13.6. The number of urea groups is 1. The van der Waals surface area contributed by atoms with Crippen molar-refractivity contribution in [2.24, 2.45) is 0 Å². The number of aromatic nitrogens is 1. The summed E-state index contributed by atoms with van der Waals surface area (Å²) in [6.07, 6.45) is 6.58. The molecule has 0 unspecified atom stereocenters. The first-order valence-corrected chi connectivity index (χ1v) is 13.3. The average molecular weight is 533 g/mol. The summed E-state index contributed by atoms with van der Waals surface area (Å²) in [5.41, 5.74) is 4.96. The highest BCUT2D eigenvalue weighted by molar-refractivity contribution is 6.03. The first-order chi connectivity index (χ1) is 18.8. The van der Waals surface area contributed by atoms with Gasteiger partial charge in [-0.2, -0.15) is 13.2 Å². The van der Waals surface area contributed by atoms with Gasteiger partial charge in [0, 0.05) is 24.3 Å². The Labute approximate surface area is 226 Å². The second-order valence-electron chi connectivity index (χ2n) is 9.81. The first kappa shape index (κ1) is 26.5. The topological polar surface area (TPSA) is 57.3 Å². The third kappa shape index (κ3) is 6.00. The highest BCUT2D eigenvalue weighted by Gasteiger charge is 2.31. The number of anilines is 3. The number of halogens is 3. The number of fused-ring (bicyclic) bond motifs is 1. The predicted molar refractivity (Wildman–Crippen MR) is 151 cm³/mol. The van der Waals surface area contributed by atoms with Crippen LogP contribution in [0.15, 0.2) is 72.8 Å². The zero-order valence-corrected chi connectivity index (χ0v) is 21.8. The molecule has 202 valence electrons. The Hall–Kier alpha value is -4.07. The number of alkyl halides is 3. The number of nitrogens with one attached hydrogen (secondary N) is 2. The van der Waals surface area contributed by atoms with Crippen molar-refractivity contribution in [2.45, 2.75) is 45.2 Å². The van der Waals surface area contributed by atoms with Crippen molar-refractivity contribution < 1.29 is 18.0 Å². The van der Waals surface area contributed by atoms with Crippen molar-refractivity contribution in [3.8, 4) is 11.3 Å². The summed E-state index contributed by atoms with van der Waals surface area (Å²) < 4.78 is 39.9. The molecule has 2 N–H and O–H groups in total. The fourth-order valence-electron chi connectivity index (χ4n) is 4.95. The van der Waals surface area contributed by atoms with Gasteiger partial charge in [-0.3, -0.25) is 4.90 Å². The molecular formula is C31H31F3N4O. The Morgan fingerprint density at radius 1 is 1.13 bits per heavy atom. The summed E-state index contributed by atoms with van der Waals surface area (Å²) in [4.78, 5) is 19.8. The summed E-state index contributed by atoms with van der Waals surface area (Å²) >= 11 is 0. The third-order valence-electron chi connectivity index (χ3n) is 7.01. The van der Waals surface area contributed by atoms with Crippen molar-refractivity contribution in [1.29, 1.82) is 0 Å². The van der Waals surface area contributed by atoms with E-state index in [-0.39, 0.29) is 6.03 Å². The highest BCUT2D eigenvalue weighted by atomic mass is 19.4. The number of unbranched alkanes of at least 4 members (excludes halogenated alkanes) is 1. The lowest BCUT2D eigenvalue weighted by atomic mass is 9.95. The van der Waals surface area contributed by atoms with E-state index in [4.69, 9.17) is 0 Å². The minimum absolute atomic E-state index is 0.334. The van der Waals surface area contributed by atoms with Crippen LogP contribution in [0.5, 0.6) is 0 Å². The Balaban J connectivity index is 1.44. The number of pyridine rings is 1. The molecule has 5 rings (SSSR count). The van der Waals surface area contributed by atoms with Crippen LogP contribution in [0.4, 0.5) is 35.2 Å². The molecule has 0 saturated heterocycles. The Morgan fingerprint density at radius 2 is 2.00 bits per heavy atom. The maximum Gasteiger partial charge on any atom is 0.416 e. The average Bonchev–Trinajstić information content (AvgIpc) is 3.38. The minimum atomic E-state index is -4.45. The van der Waals surface area contributed by atoms with Crippen molar-refractivity contribution in [1.82, 2.24) is 4.98 Å². The van der Waals surface area contributed by atoms with Crippen LogP contribution in [-0.2, 0) is 12.6 Å². The number of allylic oxidation sites excluding steroid dienone is 4. The van der Waals surface area contributed by atoms with Gasteiger partial charge in [-0.25, -0.2) is 9.78 Å². The standard InChI is InChI=1S/C31H31F3N4O/c1-2-3-8-22-13-14-25(20-26(22)21-9-4-5-10-21)36-30(39)38-18-7-17-35-28-16-15-27(37-29(28)38)23-11-6-12-24(19-23)31(32,33)34/h4-6,9,11-16,19-20,35H,2-3,7-8,10,17-18H2,1H3,(H,36,39). The fraction of sp³-hybridized carbons (Fsp3) is 0.290. The SMILES string of the molecule is CCCCc1ccc(NC(=O)N2CCCNc3ccc(-c4cccc(C(F)(F)F)c4)nc32)cc1C1=CC=CC1. The molecular weight excluding hydrogens is 501 g/mol. The number of carbonyl (C=O) groups excluding carboxylic acids is 1. The largest absolute Gasteiger partial charge is 0.416 e. The van der Waals surface area contributed by atoms with Gasteiger partial charge in [0.05, 0.1) is 16.9 Å². The van der Waals surface area contributed by atoms with E-state index in [1.54, 1.807) is 23.1 Å². The summed E-state index contributed by atoms with van der Waals surface area (Å²) in [5, 5.41) is 6.32. The summed E-state index contributed by atoms with van der Waals surface area (Å²) in [5.74, 6) is 0.391. The Morgan fingerprint density at radius 3 is 2.77 bits per heavy atom. The van der Waals surface area contributed by atoms with Gasteiger partial charge in [0.2, 0.25) is 0 Å². The van der Waals surface area contributed by atoms with E-state index in [0.717, 1.165) is 43.4 Å². The number of benzene rings is 2. The zero-order valence-electron chi connectivity index (χ0n) is 21.8. The van der Waals surface area contributed by atoms with Crippen molar-refractivity contribution in [3.05, 3.63) is 89.5 Å². The molecule has 8 heteroatoms. The summed E-state index contributed by atoms with van der Waals surface area (Å²) in [7, 11) is 0. The lowest BCUT2D eigenvalue weighted by molar-refractivity contribution is -0.137. The smallest absolute Gasteiger partial charge is 0.382 e. The van der Waals surface area contributed by atoms with E-state index < -0.39 is 11.7 Å². The van der Waals surface area contributed by atoms with E-state index >= 15 is 0 Å². The lowest BCUT2D eigenvalue weighted by Gasteiger charge is -2.23. The monoisotopic (exact) mass is 532 g/mol. The lowest BCUT2D eigenvalue weighted by Crippen LogP contribution is -2.36. The van der Waals surface area contributed by atoms with Crippen LogP contribution in [-0.4, -0.2) is 24.1 Å². The molecule has 3 aromatic rings. The third-order valence-corrected chi connectivity index (χ3v) is 7.01. The molecule has 39 heavy (non-hydrogen) atoms. The van der Waals surface area contributed by atoms with Gasteiger partial charge < -0.3 is 10.6 Å². The van der Waals surface area contributed by atoms with Crippen LogP contribution in [0, 0.1) is 0 Å². The quantitative estimate of drug-likeness (QED) is 0.336. The van der Waals surface area contributed by atoms with Gasteiger partial charge in [0.15, 0.2) is 5.82 Å². The molecule has 1 aliphatic carbocycles. The van der Waals surface area contributed by atoms with E-state index in [2.05, 4.69) is 46.8 Å². The zero-order chi connectivity index (χ0) is 27.4. The number of hydrogen-bond acceptors (Lipinski definition) is 3. The molecule has 1 aromatic heterocycles. The van der Waals surface area contributed by atoms with Crippen molar-refractivity contribution in [2.75, 3.05) is 28.6 Å². The molecule has 0 bridgehead atoms. The van der Waals surface area contributed by atoms with E-state index in [0.29, 0.717) is 48.0 Å². The second kappa shape index (κ2) is 11.4. The van der Waals surface area contributed by atoms with Crippen molar-refractivity contribution >= 4 is 28.8 Å². The molecule has 0 fully saturated rings. The van der Waals surface area contributed by atoms with E-state index in [1.807, 2.05) is 12.1 Å². The van der Waals surface area contributed by atoms with Crippen LogP contribution >= 0.6 is 0 Å². The van der Waals surface area contributed by atoms with Gasteiger partial charge in [-0.15, -0.1) is 0 Å². The molecule has 2 heterocycles. The predicted octanol–water partition coefficient (Wildman–Crippen LogP) is 8.31. The normalized spacial score (nSPS) is 14.9. The van der Waals surface area contributed by atoms with Crippen LogP contribution < -0.4 is 15.5 Å². The number of carbonyl (C=O) groups is 1. The van der Waals surface area contributed by atoms with E-state index in [9.17, 15) is 18.0 Å². The molecule has 2 aliphatic rings. The number of amides is 2. The molecule has 0 spiro atoms. The van der Waals surface area contributed by atoms with Crippen LogP contribution in [0.2, 0.25) is 0 Å². The molecule has 5 nitrogen and oxygen atoms in total. The maximum absolute atomic E-state index is 13.6. The fourth-order valence-corrected chi connectivity index (χ4v) is 4.95. The number of rotatable bonds is 6. The molecule has 0 radical (unpaired) electrons. The minimum Gasteiger partial charge on any atom is -0.382 e. The van der Waals surface area contributed by atoms with Gasteiger partial charge in [0.1, 0.15) is 0 Å².